The molecule has 1 atom stereocenters. The van der Waals surface area contributed by atoms with Crippen molar-refractivity contribution in [2.24, 2.45) is 0 Å². The van der Waals surface area contributed by atoms with Crippen molar-refractivity contribution in [2.45, 2.75) is 0 Å². The second-order valence-corrected chi connectivity index (χ2v) is 3.80. The first-order valence-electron chi connectivity index (χ1n) is 2.85. The summed E-state index contributed by atoms with van der Waals surface area (Å²) < 4.78 is 15.8. The van der Waals surface area contributed by atoms with E-state index in [1.807, 2.05) is 0 Å². The van der Waals surface area contributed by atoms with Gasteiger partial charge in [-0.25, -0.2) is 4.57 Å². The van der Waals surface area contributed by atoms with Crippen molar-refractivity contribution in [3.63, 3.8) is 0 Å². The second-order valence-electron chi connectivity index (χ2n) is 1.82. The lowest BCUT2D eigenvalue weighted by Crippen LogP contribution is -1.79. The molecule has 0 aliphatic carbocycles. The summed E-state index contributed by atoms with van der Waals surface area (Å²) in [7, 11) is -2.85. The molecule has 0 saturated carbocycles. The van der Waals surface area contributed by atoms with E-state index in [-0.39, 0.29) is 0 Å². The molecule has 5 heteroatoms. The van der Waals surface area contributed by atoms with Crippen molar-refractivity contribution >= 4 is 30.8 Å². The predicted octanol–water partition coefficient (Wildman–Crippen LogP) is 2.05. The molecular formula is C6H6IO3P. The highest BCUT2D eigenvalue weighted by molar-refractivity contribution is 14.1. The molecule has 0 amide bonds. The Hall–Kier alpha value is -0.0600. The summed E-state index contributed by atoms with van der Waals surface area (Å²) in [4.78, 5) is 8.40. The minimum absolute atomic E-state index is 0.428. The maximum absolute atomic E-state index is 10.2. The van der Waals surface area contributed by atoms with Gasteiger partial charge in [-0.15, -0.1) is 0 Å². The van der Waals surface area contributed by atoms with Crippen LogP contribution in [-0.2, 0) is 4.57 Å². The van der Waals surface area contributed by atoms with Gasteiger partial charge in [0.15, 0.2) is 0 Å². The summed E-state index contributed by atoms with van der Waals surface area (Å²) in [5.74, 6) is 0.428. The summed E-state index contributed by atoms with van der Waals surface area (Å²) in [5, 5.41) is 0. The second kappa shape index (κ2) is 4.09. The molecule has 0 radical (unpaired) electrons. The maximum atomic E-state index is 10.2. The van der Waals surface area contributed by atoms with Gasteiger partial charge in [0.1, 0.15) is 5.75 Å². The van der Waals surface area contributed by atoms with E-state index in [2.05, 4.69) is 27.1 Å². The van der Waals surface area contributed by atoms with Crippen LogP contribution in [0.2, 0.25) is 0 Å². The van der Waals surface area contributed by atoms with E-state index >= 15 is 0 Å². The third kappa shape index (κ3) is 3.22. The van der Waals surface area contributed by atoms with Crippen LogP contribution in [0.25, 0.3) is 0 Å². The first kappa shape index (κ1) is 9.03. The predicted molar refractivity (Wildman–Crippen MR) is 51.0 cm³/mol. The van der Waals surface area contributed by atoms with Crippen molar-refractivity contribution in [3.05, 3.63) is 27.8 Å². The molecule has 0 aromatic heterocycles. The van der Waals surface area contributed by atoms with E-state index in [1.54, 1.807) is 24.3 Å². The quantitative estimate of drug-likeness (QED) is 0.668. The third-order valence-electron chi connectivity index (χ3n) is 1.02. The third-order valence-corrected chi connectivity index (χ3v) is 2.15. The lowest BCUT2D eigenvalue weighted by atomic mass is 10.3. The van der Waals surface area contributed by atoms with Gasteiger partial charge in [0.25, 0.3) is 0 Å². The molecule has 1 aromatic rings. The fourth-order valence-electron chi connectivity index (χ4n) is 0.603. The standard InChI is InChI=1S/C6H6IO3P/c7-5-1-3-6(4-2-5)10-11(8)9/h1-4,11H,(H,8,9). The van der Waals surface area contributed by atoms with Gasteiger partial charge in [0, 0.05) is 3.57 Å². The zero-order chi connectivity index (χ0) is 8.27. The van der Waals surface area contributed by atoms with Gasteiger partial charge in [0.2, 0.25) is 0 Å². The van der Waals surface area contributed by atoms with Crippen LogP contribution >= 0.6 is 30.8 Å². The smallest absolute Gasteiger partial charge is 0.365 e. The monoisotopic (exact) mass is 284 g/mol. The summed E-state index contributed by atoms with van der Waals surface area (Å²) >= 11 is 2.14. The highest BCUT2D eigenvalue weighted by Gasteiger charge is 1.94. The Kier molecular flexibility index (Phi) is 3.36. The number of halogens is 1. The number of rotatable bonds is 2. The Labute approximate surface area is 78.5 Å². The van der Waals surface area contributed by atoms with Crippen LogP contribution in [0.5, 0.6) is 5.75 Å². The van der Waals surface area contributed by atoms with Gasteiger partial charge >= 0.3 is 8.25 Å². The minimum atomic E-state index is -2.85. The fourth-order valence-corrected chi connectivity index (χ4v) is 1.30. The van der Waals surface area contributed by atoms with Crippen molar-refractivity contribution < 1.29 is 14.0 Å². The van der Waals surface area contributed by atoms with Gasteiger partial charge < -0.3 is 9.42 Å². The molecule has 1 unspecified atom stereocenters. The number of hydrogen-bond acceptors (Lipinski definition) is 2. The first-order valence-corrected chi connectivity index (χ1v) is 5.19. The van der Waals surface area contributed by atoms with E-state index in [0.717, 1.165) is 3.57 Å². The average molecular weight is 284 g/mol. The summed E-state index contributed by atoms with van der Waals surface area (Å²) in [5.41, 5.74) is 0. The van der Waals surface area contributed by atoms with Gasteiger partial charge in [-0.1, -0.05) is 0 Å². The molecule has 0 bridgehead atoms. The molecule has 0 aliphatic heterocycles. The van der Waals surface area contributed by atoms with E-state index < -0.39 is 8.25 Å². The largest absolute Gasteiger partial charge is 0.426 e. The van der Waals surface area contributed by atoms with Gasteiger partial charge in [-0.3, -0.25) is 0 Å². The number of hydrogen-bond donors (Lipinski definition) is 1. The molecular weight excluding hydrogens is 278 g/mol. The van der Waals surface area contributed by atoms with Gasteiger partial charge in [-0.05, 0) is 46.9 Å². The molecule has 0 spiro atoms. The Morgan fingerprint density at radius 2 is 1.91 bits per heavy atom. The van der Waals surface area contributed by atoms with Crippen LogP contribution in [0.4, 0.5) is 0 Å². The Morgan fingerprint density at radius 1 is 1.36 bits per heavy atom. The molecule has 0 saturated heterocycles. The van der Waals surface area contributed by atoms with Crippen LogP contribution in [0.3, 0.4) is 0 Å². The van der Waals surface area contributed by atoms with E-state index in [0.29, 0.717) is 5.75 Å². The lowest BCUT2D eigenvalue weighted by molar-refractivity contribution is 0.410. The molecule has 11 heavy (non-hydrogen) atoms. The van der Waals surface area contributed by atoms with E-state index in [1.165, 1.54) is 0 Å². The molecule has 0 aliphatic rings. The summed E-state index contributed by atoms with van der Waals surface area (Å²) in [6.45, 7) is 0. The number of benzene rings is 1. The average Bonchev–Trinajstić information content (AvgIpc) is 1.93. The molecule has 1 rings (SSSR count). The highest BCUT2D eigenvalue weighted by atomic mass is 127. The lowest BCUT2D eigenvalue weighted by Gasteiger charge is -1.99. The summed E-state index contributed by atoms with van der Waals surface area (Å²) in [6, 6.07) is 6.92. The molecule has 1 N–H and O–H groups in total. The molecule has 0 heterocycles. The zero-order valence-corrected chi connectivity index (χ0v) is 8.61. The SMILES string of the molecule is O=[PH](O)Oc1ccc(I)cc1. The normalized spacial score (nSPS) is 12.5. The Morgan fingerprint density at radius 3 is 2.36 bits per heavy atom. The molecule has 0 fully saturated rings. The van der Waals surface area contributed by atoms with E-state index in [9.17, 15) is 4.57 Å². The zero-order valence-electron chi connectivity index (χ0n) is 5.45. The van der Waals surface area contributed by atoms with Crippen LogP contribution < -0.4 is 4.52 Å². The minimum Gasteiger partial charge on any atom is -0.426 e. The van der Waals surface area contributed by atoms with Crippen molar-refractivity contribution in [1.82, 2.24) is 0 Å². The highest BCUT2D eigenvalue weighted by Crippen LogP contribution is 2.22. The first-order chi connectivity index (χ1) is 5.18. The molecule has 60 valence electrons. The topological polar surface area (TPSA) is 46.5 Å². The Balaban J connectivity index is 2.74. The van der Waals surface area contributed by atoms with Crippen LogP contribution in [0, 0.1) is 3.57 Å². The van der Waals surface area contributed by atoms with Crippen molar-refractivity contribution in [3.8, 4) is 5.75 Å². The maximum Gasteiger partial charge on any atom is 0.365 e. The van der Waals surface area contributed by atoms with Crippen molar-refractivity contribution in [2.75, 3.05) is 0 Å². The fraction of sp³-hybridized carbons (Fsp3) is 0. The van der Waals surface area contributed by atoms with E-state index in [4.69, 9.17) is 4.89 Å². The van der Waals surface area contributed by atoms with Gasteiger partial charge in [0.05, 0.1) is 0 Å². The molecule has 1 aromatic carbocycles. The van der Waals surface area contributed by atoms with Crippen LogP contribution in [0.1, 0.15) is 0 Å². The van der Waals surface area contributed by atoms with Crippen LogP contribution in [0.15, 0.2) is 24.3 Å². The summed E-state index contributed by atoms with van der Waals surface area (Å²) in [6.07, 6.45) is 0. The van der Waals surface area contributed by atoms with Crippen molar-refractivity contribution in [1.29, 1.82) is 0 Å². The Bertz CT molecular complexity index is 259. The van der Waals surface area contributed by atoms with Crippen LogP contribution in [-0.4, -0.2) is 4.89 Å². The van der Waals surface area contributed by atoms with Gasteiger partial charge in [-0.2, -0.15) is 0 Å². The molecule has 3 nitrogen and oxygen atoms in total.